The minimum Gasteiger partial charge on any atom is -0.322 e. The van der Waals surface area contributed by atoms with Crippen LogP contribution in [0.5, 0.6) is 0 Å². The van der Waals surface area contributed by atoms with Crippen LogP contribution in [0, 0.1) is 6.92 Å². The molecule has 0 saturated heterocycles. The minimum atomic E-state index is -0.260. The maximum Gasteiger partial charge on any atom is 0.328 e. The third-order valence-corrected chi connectivity index (χ3v) is 6.18. The monoisotopic (exact) mass is 454 g/mol. The van der Waals surface area contributed by atoms with Crippen molar-refractivity contribution in [3.05, 3.63) is 76.3 Å². The van der Waals surface area contributed by atoms with Crippen molar-refractivity contribution in [2.45, 2.75) is 26.8 Å². The number of anilines is 1. The lowest BCUT2D eigenvalue weighted by Gasteiger charge is -2.11. The van der Waals surface area contributed by atoms with Gasteiger partial charge in [-0.15, -0.1) is 0 Å². The van der Waals surface area contributed by atoms with Gasteiger partial charge in [0.1, 0.15) is 0 Å². The predicted octanol–water partition coefficient (Wildman–Crippen LogP) is 4.43. The Kier molecular flexibility index (Phi) is 5.08. The molecule has 3 aromatic heterocycles. The second-order valence-corrected chi connectivity index (χ2v) is 8.90. The van der Waals surface area contributed by atoms with E-state index in [1.54, 1.807) is 35.5 Å². The highest BCUT2D eigenvalue weighted by Gasteiger charge is 2.19. The summed E-state index contributed by atoms with van der Waals surface area (Å²) >= 11 is 0. The number of pyridine rings is 1. The average molecular weight is 455 g/mol. The fourth-order valence-corrected chi connectivity index (χ4v) is 4.24. The summed E-state index contributed by atoms with van der Waals surface area (Å²) in [6, 6.07) is 15.4. The maximum absolute atomic E-state index is 13.5. The molecule has 0 spiro atoms. The molecule has 5 rings (SSSR count). The van der Waals surface area contributed by atoms with E-state index in [1.165, 1.54) is 0 Å². The SMILES string of the molecule is Cc1ccc(-c2cc(C(=O)Nc3ccc4c(c3)n(C)c(=O)n4C)c3cnn(C(C)C)c3n2)cc1. The molecule has 0 bridgehead atoms. The van der Waals surface area contributed by atoms with Gasteiger partial charge in [0.15, 0.2) is 5.65 Å². The first-order valence-corrected chi connectivity index (χ1v) is 11.2. The van der Waals surface area contributed by atoms with Crippen LogP contribution in [-0.2, 0) is 14.1 Å². The lowest BCUT2D eigenvalue weighted by atomic mass is 10.0. The number of hydrogen-bond donors (Lipinski definition) is 1. The first kappa shape index (κ1) is 21.6. The molecule has 1 amide bonds. The van der Waals surface area contributed by atoms with Crippen molar-refractivity contribution in [3.63, 3.8) is 0 Å². The molecule has 0 aliphatic rings. The van der Waals surface area contributed by atoms with Crippen LogP contribution in [0.2, 0.25) is 0 Å². The molecule has 0 aliphatic carbocycles. The van der Waals surface area contributed by atoms with Gasteiger partial charge in [-0.2, -0.15) is 5.10 Å². The standard InChI is InChI=1S/C26H26N6O2/c1-15(2)32-24-20(14-27-32)19(13-21(29-24)17-8-6-16(3)7-9-17)25(33)28-18-10-11-22-23(12-18)31(5)26(34)30(22)4/h6-15H,1-5H3,(H,28,33). The van der Waals surface area contributed by atoms with E-state index in [0.29, 0.717) is 28.0 Å². The molecule has 34 heavy (non-hydrogen) atoms. The summed E-state index contributed by atoms with van der Waals surface area (Å²) in [5, 5.41) is 8.18. The molecule has 0 radical (unpaired) electrons. The number of aromatic nitrogens is 5. The van der Waals surface area contributed by atoms with Gasteiger partial charge < -0.3 is 5.32 Å². The van der Waals surface area contributed by atoms with Crippen LogP contribution in [0.15, 0.2) is 59.5 Å². The Bertz CT molecular complexity index is 1620. The van der Waals surface area contributed by atoms with Crippen LogP contribution in [0.4, 0.5) is 5.69 Å². The third-order valence-electron chi connectivity index (χ3n) is 6.18. The molecule has 0 saturated carbocycles. The zero-order chi connectivity index (χ0) is 24.1. The number of fused-ring (bicyclic) bond motifs is 2. The number of nitrogens with one attached hydrogen (secondary N) is 1. The summed E-state index contributed by atoms with van der Waals surface area (Å²) < 4.78 is 4.98. The molecule has 3 heterocycles. The van der Waals surface area contributed by atoms with Crippen molar-refractivity contribution in [3.8, 4) is 11.3 Å². The second-order valence-electron chi connectivity index (χ2n) is 8.90. The van der Waals surface area contributed by atoms with Crippen molar-refractivity contribution in [2.24, 2.45) is 14.1 Å². The summed E-state index contributed by atoms with van der Waals surface area (Å²) in [4.78, 5) is 30.6. The quantitative estimate of drug-likeness (QED) is 0.435. The van der Waals surface area contributed by atoms with Crippen molar-refractivity contribution < 1.29 is 4.79 Å². The largest absolute Gasteiger partial charge is 0.328 e. The Hall–Kier alpha value is -4.20. The van der Waals surface area contributed by atoms with Crippen LogP contribution in [-0.4, -0.2) is 29.8 Å². The number of benzene rings is 2. The van der Waals surface area contributed by atoms with Gasteiger partial charge in [0.2, 0.25) is 0 Å². The molecular formula is C26H26N6O2. The number of carbonyl (C=O) groups is 1. The van der Waals surface area contributed by atoms with Crippen LogP contribution in [0.3, 0.4) is 0 Å². The molecular weight excluding hydrogens is 428 g/mol. The van der Waals surface area contributed by atoms with E-state index in [9.17, 15) is 9.59 Å². The molecule has 2 aromatic carbocycles. The summed E-state index contributed by atoms with van der Waals surface area (Å²) in [7, 11) is 3.45. The number of carbonyl (C=O) groups excluding carboxylic acids is 1. The normalized spacial score (nSPS) is 11.6. The zero-order valence-corrected chi connectivity index (χ0v) is 19.8. The van der Waals surface area contributed by atoms with Gasteiger partial charge in [0.05, 0.1) is 33.9 Å². The molecule has 1 N–H and O–H groups in total. The lowest BCUT2D eigenvalue weighted by Crippen LogP contribution is -2.19. The van der Waals surface area contributed by atoms with Gasteiger partial charge in [-0.1, -0.05) is 29.8 Å². The molecule has 5 aromatic rings. The van der Waals surface area contributed by atoms with E-state index in [0.717, 1.165) is 22.2 Å². The summed E-state index contributed by atoms with van der Waals surface area (Å²) in [6.45, 7) is 6.10. The molecule has 0 aliphatic heterocycles. The molecule has 0 fully saturated rings. The highest BCUT2D eigenvalue weighted by Crippen LogP contribution is 2.28. The van der Waals surface area contributed by atoms with E-state index in [-0.39, 0.29) is 17.6 Å². The number of hydrogen-bond acceptors (Lipinski definition) is 4. The van der Waals surface area contributed by atoms with Gasteiger partial charge >= 0.3 is 5.69 Å². The number of amides is 1. The Balaban J connectivity index is 1.61. The summed E-state index contributed by atoms with van der Waals surface area (Å²) in [6.07, 6.45) is 1.69. The Morgan fingerprint density at radius 3 is 2.38 bits per heavy atom. The van der Waals surface area contributed by atoms with Gasteiger partial charge in [-0.25, -0.2) is 14.5 Å². The van der Waals surface area contributed by atoms with Gasteiger partial charge in [0.25, 0.3) is 5.91 Å². The van der Waals surface area contributed by atoms with E-state index in [1.807, 2.05) is 67.9 Å². The first-order chi connectivity index (χ1) is 16.2. The minimum absolute atomic E-state index is 0.0935. The van der Waals surface area contributed by atoms with Gasteiger partial charge in [-0.05, 0) is 45.0 Å². The Labute approximate surface area is 196 Å². The van der Waals surface area contributed by atoms with Crippen molar-refractivity contribution in [2.75, 3.05) is 5.32 Å². The predicted molar refractivity (Wildman–Crippen MR) is 134 cm³/mol. The van der Waals surface area contributed by atoms with Crippen molar-refractivity contribution >= 4 is 33.7 Å². The number of nitrogens with zero attached hydrogens (tertiary/aromatic N) is 5. The van der Waals surface area contributed by atoms with E-state index in [2.05, 4.69) is 10.4 Å². The van der Waals surface area contributed by atoms with Crippen LogP contribution in [0.25, 0.3) is 33.3 Å². The van der Waals surface area contributed by atoms with E-state index >= 15 is 0 Å². The van der Waals surface area contributed by atoms with Crippen LogP contribution >= 0.6 is 0 Å². The van der Waals surface area contributed by atoms with Gasteiger partial charge in [0, 0.05) is 31.4 Å². The molecule has 0 unspecified atom stereocenters. The number of rotatable bonds is 4. The summed E-state index contributed by atoms with van der Waals surface area (Å²) in [5.41, 5.74) is 6.00. The van der Waals surface area contributed by atoms with Crippen LogP contribution < -0.4 is 11.0 Å². The fraction of sp³-hybridized carbons (Fsp3) is 0.231. The lowest BCUT2D eigenvalue weighted by molar-refractivity contribution is 0.102. The third kappa shape index (κ3) is 3.48. The average Bonchev–Trinajstić information content (AvgIpc) is 3.34. The van der Waals surface area contributed by atoms with Gasteiger partial charge in [-0.3, -0.25) is 13.9 Å². The number of imidazole rings is 1. The van der Waals surface area contributed by atoms with Crippen molar-refractivity contribution in [1.29, 1.82) is 0 Å². The maximum atomic E-state index is 13.5. The smallest absolute Gasteiger partial charge is 0.322 e. The highest BCUT2D eigenvalue weighted by atomic mass is 16.2. The van der Waals surface area contributed by atoms with E-state index in [4.69, 9.17) is 4.98 Å². The highest BCUT2D eigenvalue weighted by molar-refractivity contribution is 6.13. The molecule has 8 heteroatoms. The molecule has 8 nitrogen and oxygen atoms in total. The topological polar surface area (TPSA) is 86.7 Å². The first-order valence-electron chi connectivity index (χ1n) is 11.2. The Morgan fingerprint density at radius 2 is 1.68 bits per heavy atom. The summed E-state index contributed by atoms with van der Waals surface area (Å²) in [5.74, 6) is -0.260. The molecule has 172 valence electrons. The Morgan fingerprint density at radius 1 is 0.971 bits per heavy atom. The van der Waals surface area contributed by atoms with Crippen LogP contribution in [0.1, 0.15) is 35.8 Å². The second kappa shape index (κ2) is 7.98. The fourth-order valence-electron chi connectivity index (χ4n) is 4.24. The van der Waals surface area contributed by atoms with Crippen molar-refractivity contribution in [1.82, 2.24) is 23.9 Å². The molecule has 0 atom stereocenters. The zero-order valence-electron chi connectivity index (χ0n) is 19.8. The number of aryl methyl sites for hydroxylation is 3. The van der Waals surface area contributed by atoms with E-state index < -0.39 is 0 Å².